The van der Waals surface area contributed by atoms with Crippen LogP contribution in [-0.4, -0.2) is 24.0 Å². The maximum atomic E-state index is 12.8. The number of guanidine groups is 1. The molecule has 30 heavy (non-hydrogen) atoms. The summed E-state index contributed by atoms with van der Waals surface area (Å²) >= 11 is 6.13. The number of carbonyl (C=O) groups is 1. The van der Waals surface area contributed by atoms with Crippen LogP contribution in [0.15, 0.2) is 71.9 Å². The first-order valence-electron chi connectivity index (χ1n) is 9.54. The van der Waals surface area contributed by atoms with Crippen molar-refractivity contribution >= 4 is 29.2 Å². The molecule has 154 valence electrons. The van der Waals surface area contributed by atoms with Gasteiger partial charge < -0.3 is 10.1 Å². The summed E-state index contributed by atoms with van der Waals surface area (Å²) in [5.74, 6) is 0.572. The molecule has 0 atom stereocenters. The van der Waals surface area contributed by atoms with E-state index in [1.54, 1.807) is 43.6 Å². The number of nitrogens with one attached hydrogen (secondary N) is 2. The van der Waals surface area contributed by atoms with Crippen molar-refractivity contribution in [3.8, 4) is 5.75 Å². The Balaban J connectivity index is 1.85. The molecule has 0 radical (unpaired) electrons. The van der Waals surface area contributed by atoms with Gasteiger partial charge in [0.25, 0.3) is 5.91 Å². The zero-order valence-electron chi connectivity index (χ0n) is 16.9. The number of rotatable bonds is 6. The number of hydrogen-bond donors (Lipinski definition) is 2. The van der Waals surface area contributed by atoms with Crippen LogP contribution in [0.3, 0.4) is 0 Å². The highest BCUT2D eigenvalue weighted by atomic mass is 35.5. The van der Waals surface area contributed by atoms with Crippen LogP contribution in [-0.2, 0) is 13.0 Å². The Hall–Kier alpha value is -3.38. The maximum Gasteiger partial charge on any atom is 0.257 e. The number of ether oxygens (including phenoxy) is 1. The highest BCUT2D eigenvalue weighted by Gasteiger charge is 2.12. The average Bonchev–Trinajstić information content (AvgIpc) is 2.78. The lowest BCUT2D eigenvalue weighted by molar-refractivity contribution is 0.0977. The first-order valence-corrected chi connectivity index (χ1v) is 9.92. The Bertz CT molecular complexity index is 1020. The fourth-order valence-electron chi connectivity index (χ4n) is 2.74. The zero-order chi connectivity index (χ0) is 21.3. The lowest BCUT2D eigenvalue weighted by Gasteiger charge is -2.15. The molecule has 0 aliphatic rings. The number of methoxy groups -OCH3 is 1. The molecule has 0 fully saturated rings. The van der Waals surface area contributed by atoms with Gasteiger partial charge in [-0.15, -0.1) is 0 Å². The van der Waals surface area contributed by atoms with Gasteiger partial charge in [-0.05, 0) is 54.4 Å². The van der Waals surface area contributed by atoms with Crippen LogP contribution in [0.2, 0.25) is 5.02 Å². The lowest BCUT2D eigenvalue weighted by Crippen LogP contribution is -2.36. The number of hydrogen-bond acceptors (Lipinski definition) is 4. The third-order valence-corrected chi connectivity index (χ3v) is 4.63. The van der Waals surface area contributed by atoms with Gasteiger partial charge in [-0.3, -0.25) is 15.1 Å². The first-order chi connectivity index (χ1) is 14.6. The summed E-state index contributed by atoms with van der Waals surface area (Å²) in [7, 11) is 1.56. The van der Waals surface area contributed by atoms with Crippen molar-refractivity contribution in [3.05, 3.63) is 88.7 Å². The highest BCUT2D eigenvalue weighted by Crippen LogP contribution is 2.27. The Morgan fingerprint density at radius 2 is 1.93 bits per heavy atom. The molecule has 7 heteroatoms. The summed E-state index contributed by atoms with van der Waals surface area (Å²) in [6.07, 6.45) is 2.61. The number of aryl methyl sites for hydroxylation is 1. The van der Waals surface area contributed by atoms with Crippen LogP contribution in [0.4, 0.5) is 5.69 Å². The Morgan fingerprint density at radius 3 is 2.60 bits per heavy atom. The molecule has 1 heterocycles. The molecule has 3 rings (SSSR count). The Morgan fingerprint density at radius 1 is 1.13 bits per heavy atom. The fraction of sp³-hybridized carbons (Fsp3) is 0.174. The maximum absolute atomic E-state index is 12.8. The Kier molecular flexibility index (Phi) is 7.40. The van der Waals surface area contributed by atoms with Gasteiger partial charge in [0.15, 0.2) is 0 Å². The van der Waals surface area contributed by atoms with Gasteiger partial charge in [-0.25, -0.2) is 4.99 Å². The number of carbonyl (C=O) groups excluding carboxylic acids is 1. The molecule has 0 aliphatic heterocycles. The number of aromatic nitrogens is 1. The van der Waals surface area contributed by atoms with Crippen molar-refractivity contribution in [2.75, 3.05) is 12.4 Å². The number of anilines is 1. The lowest BCUT2D eigenvalue weighted by atomic mass is 10.1. The van der Waals surface area contributed by atoms with Crippen LogP contribution in [0.5, 0.6) is 5.75 Å². The topological polar surface area (TPSA) is 75.6 Å². The summed E-state index contributed by atoms with van der Waals surface area (Å²) in [4.78, 5) is 21.5. The summed E-state index contributed by atoms with van der Waals surface area (Å²) in [6.45, 7) is 2.36. The van der Waals surface area contributed by atoms with Crippen molar-refractivity contribution in [1.29, 1.82) is 0 Å². The second-order valence-corrected chi connectivity index (χ2v) is 6.90. The predicted molar refractivity (Wildman–Crippen MR) is 120 cm³/mol. The van der Waals surface area contributed by atoms with Crippen molar-refractivity contribution in [2.24, 2.45) is 4.99 Å². The van der Waals surface area contributed by atoms with Gasteiger partial charge in [0.1, 0.15) is 5.75 Å². The van der Waals surface area contributed by atoms with E-state index in [9.17, 15) is 4.79 Å². The van der Waals surface area contributed by atoms with E-state index in [1.165, 1.54) is 0 Å². The number of aliphatic imine (C=N–C) groups is 1. The molecular weight excluding hydrogens is 400 g/mol. The van der Waals surface area contributed by atoms with Crippen LogP contribution in [0.25, 0.3) is 0 Å². The second kappa shape index (κ2) is 10.4. The highest BCUT2D eigenvalue weighted by molar-refractivity contribution is 6.31. The number of halogens is 1. The smallest absolute Gasteiger partial charge is 0.257 e. The third-order valence-electron chi connectivity index (χ3n) is 4.40. The molecule has 3 aromatic rings. The van der Waals surface area contributed by atoms with Gasteiger partial charge in [0, 0.05) is 16.8 Å². The van der Waals surface area contributed by atoms with E-state index in [2.05, 4.69) is 27.5 Å². The van der Waals surface area contributed by atoms with E-state index in [4.69, 9.17) is 16.3 Å². The fourth-order valence-corrected chi connectivity index (χ4v) is 2.91. The third kappa shape index (κ3) is 5.81. The molecular formula is C23H23ClN4O2. The number of benzene rings is 2. The average molecular weight is 423 g/mol. The van der Waals surface area contributed by atoms with E-state index < -0.39 is 0 Å². The molecule has 6 nitrogen and oxygen atoms in total. The first kappa shape index (κ1) is 21.3. The predicted octanol–water partition coefficient (Wildman–Crippen LogP) is 4.70. The standard InChI is InChI=1S/C23H23ClN4O2/c1-3-16-7-9-17(10-8-16)22(29)28-23(26-15-19-6-4-5-13-25-19)27-20-14-18(24)11-12-21(20)30-2/h4-14H,3,15H2,1-2H3,(H2,26,27,28,29). The van der Waals surface area contributed by atoms with E-state index >= 15 is 0 Å². The SMILES string of the molecule is CCc1ccc(C(=O)NC(=NCc2ccccn2)Nc2cc(Cl)ccc2OC)cc1. The van der Waals surface area contributed by atoms with E-state index in [-0.39, 0.29) is 11.9 Å². The molecule has 0 aliphatic carbocycles. The molecule has 0 saturated heterocycles. The van der Waals surface area contributed by atoms with E-state index in [0.29, 0.717) is 28.6 Å². The van der Waals surface area contributed by atoms with E-state index in [0.717, 1.165) is 17.7 Å². The Labute approximate surface area is 181 Å². The summed E-state index contributed by atoms with van der Waals surface area (Å²) in [5.41, 5.74) is 3.07. The van der Waals surface area contributed by atoms with Crippen LogP contribution in [0.1, 0.15) is 28.5 Å². The molecule has 0 bridgehead atoms. The van der Waals surface area contributed by atoms with Crippen molar-refractivity contribution in [1.82, 2.24) is 10.3 Å². The molecule has 2 aromatic carbocycles. The quantitative estimate of drug-likeness (QED) is 0.445. The van der Waals surface area contributed by atoms with Gasteiger partial charge in [-0.1, -0.05) is 36.7 Å². The molecule has 0 unspecified atom stereocenters. The van der Waals surface area contributed by atoms with Crippen LogP contribution < -0.4 is 15.4 Å². The largest absolute Gasteiger partial charge is 0.495 e. The van der Waals surface area contributed by atoms with Gasteiger partial charge in [0.05, 0.1) is 25.0 Å². The minimum Gasteiger partial charge on any atom is -0.495 e. The number of nitrogens with zero attached hydrogens (tertiary/aromatic N) is 2. The normalized spacial score (nSPS) is 11.1. The van der Waals surface area contributed by atoms with Crippen LogP contribution >= 0.6 is 11.6 Å². The summed E-state index contributed by atoms with van der Waals surface area (Å²) in [6, 6.07) is 18.2. The molecule has 0 saturated carbocycles. The second-order valence-electron chi connectivity index (χ2n) is 6.46. The van der Waals surface area contributed by atoms with Crippen molar-refractivity contribution in [2.45, 2.75) is 19.9 Å². The van der Waals surface area contributed by atoms with Gasteiger partial charge in [-0.2, -0.15) is 0 Å². The number of amides is 1. The minimum atomic E-state index is -0.272. The van der Waals surface area contributed by atoms with Gasteiger partial charge in [0.2, 0.25) is 5.96 Å². The summed E-state index contributed by atoms with van der Waals surface area (Å²) < 4.78 is 5.38. The van der Waals surface area contributed by atoms with Crippen molar-refractivity contribution in [3.63, 3.8) is 0 Å². The monoisotopic (exact) mass is 422 g/mol. The molecule has 1 amide bonds. The van der Waals surface area contributed by atoms with Gasteiger partial charge >= 0.3 is 0 Å². The molecule has 0 spiro atoms. The van der Waals surface area contributed by atoms with Crippen molar-refractivity contribution < 1.29 is 9.53 Å². The molecule has 1 aromatic heterocycles. The number of pyridine rings is 1. The molecule has 2 N–H and O–H groups in total. The minimum absolute atomic E-state index is 0.269. The summed E-state index contributed by atoms with van der Waals surface area (Å²) in [5, 5.41) is 6.48. The van der Waals surface area contributed by atoms with Crippen LogP contribution in [0, 0.1) is 0 Å². The van der Waals surface area contributed by atoms with E-state index in [1.807, 2.05) is 30.3 Å². The zero-order valence-corrected chi connectivity index (χ0v) is 17.6.